The Morgan fingerprint density at radius 1 is 1.17 bits per heavy atom. The predicted octanol–water partition coefficient (Wildman–Crippen LogP) is 5.82. The molecule has 0 saturated carbocycles. The zero-order chi connectivity index (χ0) is 21.5. The molecule has 3 aromatic rings. The largest absolute Gasteiger partial charge is 0.361 e. The fourth-order valence-corrected chi connectivity index (χ4v) is 4.75. The first-order valence-corrected chi connectivity index (χ1v) is 14.7. The lowest BCUT2D eigenvalue weighted by atomic mass is 10.0. The fourth-order valence-electron chi connectivity index (χ4n) is 3.54. The molecule has 160 valence electrons. The van der Waals surface area contributed by atoms with Gasteiger partial charge in [0.25, 0.3) is 0 Å². The molecule has 6 nitrogen and oxygen atoms in total. The number of fused-ring (bicyclic) bond motifs is 2. The van der Waals surface area contributed by atoms with Gasteiger partial charge in [0.2, 0.25) is 0 Å². The molecule has 9 heteroatoms. The van der Waals surface area contributed by atoms with Crippen molar-refractivity contribution < 1.29 is 4.74 Å². The van der Waals surface area contributed by atoms with Gasteiger partial charge in [-0.3, -0.25) is 4.68 Å². The van der Waals surface area contributed by atoms with E-state index in [-0.39, 0.29) is 0 Å². The van der Waals surface area contributed by atoms with Gasteiger partial charge >= 0.3 is 0 Å². The Kier molecular flexibility index (Phi) is 5.99. The summed E-state index contributed by atoms with van der Waals surface area (Å²) >= 11 is 13.0. The van der Waals surface area contributed by atoms with Crippen LogP contribution in [0.25, 0.3) is 22.0 Å². The Morgan fingerprint density at radius 2 is 1.97 bits per heavy atom. The van der Waals surface area contributed by atoms with Gasteiger partial charge in [-0.2, -0.15) is 5.10 Å². The number of aliphatic imine (C=N–C) groups is 1. The maximum absolute atomic E-state index is 6.83. The lowest BCUT2D eigenvalue weighted by Gasteiger charge is -2.17. The van der Waals surface area contributed by atoms with Crippen molar-refractivity contribution in [3.8, 4) is 11.1 Å². The highest BCUT2D eigenvalue weighted by Crippen LogP contribution is 2.41. The number of amidine groups is 1. The quantitative estimate of drug-likeness (QED) is 0.272. The molecule has 0 saturated heterocycles. The lowest BCUT2D eigenvalue weighted by Crippen LogP contribution is -2.22. The molecule has 0 atom stereocenters. The summed E-state index contributed by atoms with van der Waals surface area (Å²) in [7, 11) is -1.14. The summed E-state index contributed by atoms with van der Waals surface area (Å²) in [4.78, 5) is 4.53. The van der Waals surface area contributed by atoms with Gasteiger partial charge in [0.1, 0.15) is 12.5 Å². The summed E-state index contributed by atoms with van der Waals surface area (Å²) in [6.07, 6.45) is 4.06. The van der Waals surface area contributed by atoms with E-state index in [1.807, 2.05) is 27.6 Å². The first-order chi connectivity index (χ1) is 14.3. The van der Waals surface area contributed by atoms with Crippen molar-refractivity contribution in [1.82, 2.24) is 19.7 Å². The number of nitrogens with one attached hydrogen (secondary N) is 1. The van der Waals surface area contributed by atoms with Crippen molar-refractivity contribution in [3.63, 3.8) is 0 Å². The van der Waals surface area contributed by atoms with Gasteiger partial charge in [-0.25, -0.2) is 4.99 Å². The van der Waals surface area contributed by atoms with Crippen molar-refractivity contribution in [1.29, 1.82) is 0 Å². The molecule has 0 fully saturated rings. The zero-order valence-electron chi connectivity index (χ0n) is 17.8. The van der Waals surface area contributed by atoms with Crippen LogP contribution in [0.2, 0.25) is 30.7 Å². The van der Waals surface area contributed by atoms with Gasteiger partial charge in [0.05, 0.1) is 10.5 Å². The number of aryl methyl sites for hydroxylation is 1. The van der Waals surface area contributed by atoms with Crippen LogP contribution in [0.15, 0.2) is 29.5 Å². The van der Waals surface area contributed by atoms with Crippen LogP contribution in [0, 0.1) is 0 Å². The molecule has 1 N–H and O–H groups in total. The summed E-state index contributed by atoms with van der Waals surface area (Å²) in [5.74, 6) is 0.821. The Bertz CT molecular complexity index is 1110. The monoisotopic (exact) mass is 463 g/mol. The minimum atomic E-state index is -1.14. The molecule has 0 unspecified atom stereocenters. The normalized spacial score (nSPS) is 14.0. The first kappa shape index (κ1) is 21.4. The number of hydrogen-bond donors (Lipinski definition) is 1. The topological polar surface area (TPSA) is 56.4 Å². The number of hydrogen-bond acceptors (Lipinski definition) is 4. The maximum atomic E-state index is 6.83. The third-order valence-corrected chi connectivity index (χ3v) is 7.61. The smallest absolute Gasteiger partial charge is 0.198 e. The standard InChI is InChI=1S/C21H27Cl2N5OSi/c1-5-28-12-17-18(26-28)7-6-14(19(17)22)16-11-27(13-29-8-9-30(2,3)4)20-15(16)10-24-21(23)25-20/h6-7,11-12H,5,8-10,13H2,1-4H3,(H,24,25). The summed E-state index contributed by atoms with van der Waals surface area (Å²) in [5, 5.41) is 9.73. The van der Waals surface area contributed by atoms with E-state index >= 15 is 0 Å². The van der Waals surface area contributed by atoms with Crippen molar-refractivity contribution in [2.75, 3.05) is 6.61 Å². The molecule has 3 heterocycles. The van der Waals surface area contributed by atoms with E-state index in [0.29, 0.717) is 23.6 Å². The third kappa shape index (κ3) is 4.30. The minimum absolute atomic E-state index is 0.390. The molecule has 1 aliphatic heterocycles. The number of aromatic nitrogens is 3. The van der Waals surface area contributed by atoms with Crippen LogP contribution in [-0.2, 0) is 24.6 Å². The van der Waals surface area contributed by atoms with E-state index in [1.54, 1.807) is 0 Å². The van der Waals surface area contributed by atoms with Gasteiger partial charge < -0.3 is 14.6 Å². The second kappa shape index (κ2) is 8.38. The highest BCUT2D eigenvalue weighted by atomic mass is 35.5. The molecule has 4 rings (SSSR count). The molecule has 2 aromatic heterocycles. The Morgan fingerprint density at radius 3 is 2.70 bits per heavy atom. The average molecular weight is 464 g/mol. The molecule has 0 spiro atoms. The third-order valence-electron chi connectivity index (χ3n) is 5.28. The zero-order valence-corrected chi connectivity index (χ0v) is 20.3. The number of ether oxygens (including phenoxy) is 1. The molecule has 0 radical (unpaired) electrons. The Hall–Kier alpha value is -1.80. The van der Waals surface area contributed by atoms with E-state index < -0.39 is 8.07 Å². The van der Waals surface area contributed by atoms with Crippen LogP contribution in [0.5, 0.6) is 0 Å². The van der Waals surface area contributed by atoms with E-state index in [1.165, 1.54) is 0 Å². The summed E-state index contributed by atoms with van der Waals surface area (Å²) < 4.78 is 9.91. The summed E-state index contributed by atoms with van der Waals surface area (Å²) in [6.45, 7) is 11.7. The number of nitrogens with zero attached hydrogens (tertiary/aromatic N) is 4. The predicted molar refractivity (Wildman–Crippen MR) is 128 cm³/mol. The highest BCUT2D eigenvalue weighted by molar-refractivity contribution is 6.76. The van der Waals surface area contributed by atoms with E-state index in [9.17, 15) is 0 Å². The van der Waals surface area contributed by atoms with Crippen LogP contribution in [0.4, 0.5) is 5.82 Å². The molecule has 1 aliphatic rings. The highest BCUT2D eigenvalue weighted by Gasteiger charge is 2.23. The van der Waals surface area contributed by atoms with Gasteiger partial charge in [-0.1, -0.05) is 37.3 Å². The number of rotatable bonds is 7. The van der Waals surface area contributed by atoms with E-state index in [4.69, 9.17) is 27.9 Å². The SMILES string of the molecule is CCn1cc2c(Cl)c(-c3cn(COCC[Si](C)(C)C)c4c3CNC(Cl)=N4)ccc2n1. The van der Waals surface area contributed by atoms with Gasteiger partial charge in [0.15, 0.2) is 5.29 Å². The van der Waals surface area contributed by atoms with Crippen molar-refractivity contribution >= 4 is 53.3 Å². The molecular weight excluding hydrogens is 437 g/mol. The van der Waals surface area contributed by atoms with E-state index in [0.717, 1.165) is 52.6 Å². The van der Waals surface area contributed by atoms with Crippen LogP contribution >= 0.6 is 23.2 Å². The number of halogens is 2. The number of benzene rings is 1. The Labute approximate surface area is 187 Å². The second-order valence-electron chi connectivity index (χ2n) is 8.76. The fraction of sp³-hybridized carbons (Fsp3) is 0.429. The maximum Gasteiger partial charge on any atom is 0.198 e. The second-order valence-corrected chi connectivity index (χ2v) is 15.1. The lowest BCUT2D eigenvalue weighted by molar-refractivity contribution is 0.0885. The molecule has 30 heavy (non-hydrogen) atoms. The van der Waals surface area contributed by atoms with Crippen molar-refractivity contribution in [2.24, 2.45) is 4.99 Å². The average Bonchev–Trinajstić information content (AvgIpc) is 3.27. The minimum Gasteiger partial charge on any atom is -0.361 e. The van der Waals surface area contributed by atoms with Crippen LogP contribution in [0.3, 0.4) is 0 Å². The van der Waals surface area contributed by atoms with Crippen molar-refractivity contribution in [2.45, 2.75) is 52.4 Å². The first-order valence-electron chi connectivity index (χ1n) is 10.2. The van der Waals surface area contributed by atoms with Crippen LogP contribution in [-0.4, -0.2) is 34.3 Å². The van der Waals surface area contributed by atoms with E-state index in [2.05, 4.69) is 48.2 Å². The van der Waals surface area contributed by atoms with Gasteiger partial charge in [0, 0.05) is 62.2 Å². The molecule has 0 amide bonds. The summed E-state index contributed by atoms with van der Waals surface area (Å²) in [6, 6.07) is 5.17. The summed E-state index contributed by atoms with van der Waals surface area (Å²) in [5.41, 5.74) is 3.97. The molecule has 0 aliphatic carbocycles. The molecule has 1 aromatic carbocycles. The van der Waals surface area contributed by atoms with Gasteiger partial charge in [-0.15, -0.1) is 0 Å². The van der Waals surface area contributed by atoms with Gasteiger partial charge in [-0.05, 0) is 30.6 Å². The van der Waals surface area contributed by atoms with Crippen LogP contribution < -0.4 is 5.32 Å². The molecular formula is C21H27Cl2N5OSi. The Balaban J connectivity index is 1.70. The molecule has 0 bridgehead atoms. The van der Waals surface area contributed by atoms with Crippen molar-refractivity contribution in [3.05, 3.63) is 35.1 Å². The van der Waals surface area contributed by atoms with Crippen LogP contribution in [0.1, 0.15) is 12.5 Å².